The van der Waals surface area contributed by atoms with Gasteiger partial charge in [0.2, 0.25) is 0 Å². The molecule has 0 fully saturated rings. The molecule has 0 saturated carbocycles. The third kappa shape index (κ3) is 3.99. The van der Waals surface area contributed by atoms with Crippen molar-refractivity contribution in [3.8, 4) is 0 Å². The molecule has 0 aliphatic heterocycles. The van der Waals surface area contributed by atoms with Crippen molar-refractivity contribution in [1.82, 2.24) is 0 Å². The van der Waals surface area contributed by atoms with Crippen LogP contribution in [0.3, 0.4) is 0 Å². The molecular formula is C13H17N3O5. The molecule has 1 unspecified atom stereocenters. The molecule has 3 N–H and O–H groups in total. The van der Waals surface area contributed by atoms with Gasteiger partial charge in [-0.25, -0.2) is 4.79 Å². The number of aryl methyl sites for hydroxylation is 2. The van der Waals surface area contributed by atoms with Crippen LogP contribution < -0.4 is 11.1 Å². The molecule has 1 aromatic rings. The molecule has 21 heavy (non-hydrogen) atoms. The molecule has 0 radical (unpaired) electrons. The van der Waals surface area contributed by atoms with E-state index < -0.39 is 22.8 Å². The number of nitrogens with two attached hydrogens (primary N) is 1. The molecule has 1 aromatic carbocycles. The summed E-state index contributed by atoms with van der Waals surface area (Å²) in [6.45, 7) is 4.89. The zero-order chi connectivity index (χ0) is 16.2. The quantitative estimate of drug-likeness (QED) is 0.362. The highest BCUT2D eigenvalue weighted by molar-refractivity contribution is 6.08. The van der Waals surface area contributed by atoms with Crippen molar-refractivity contribution in [2.24, 2.45) is 5.73 Å². The van der Waals surface area contributed by atoms with Crippen LogP contribution in [0, 0.1) is 24.0 Å². The molecule has 0 aliphatic carbocycles. The first kappa shape index (κ1) is 16.6. The van der Waals surface area contributed by atoms with Gasteiger partial charge in [-0.15, -0.1) is 0 Å². The summed E-state index contributed by atoms with van der Waals surface area (Å²) in [7, 11) is 0. The number of hydrogen-bond acceptors (Lipinski definition) is 6. The molecule has 0 saturated heterocycles. The van der Waals surface area contributed by atoms with E-state index in [1.54, 1.807) is 20.8 Å². The average molecular weight is 295 g/mol. The van der Waals surface area contributed by atoms with Crippen molar-refractivity contribution in [2.75, 3.05) is 11.9 Å². The van der Waals surface area contributed by atoms with Crippen LogP contribution in [0.2, 0.25) is 0 Å². The van der Waals surface area contributed by atoms with Gasteiger partial charge in [0, 0.05) is 17.3 Å². The summed E-state index contributed by atoms with van der Waals surface area (Å²) in [6, 6.07) is 1.37. The Hall–Kier alpha value is -2.48. The fourth-order valence-electron chi connectivity index (χ4n) is 1.68. The minimum atomic E-state index is -1.44. The van der Waals surface area contributed by atoms with Crippen molar-refractivity contribution in [1.29, 1.82) is 0 Å². The maximum absolute atomic E-state index is 11.8. The molecule has 8 heteroatoms. The maximum Gasteiger partial charge on any atom is 0.332 e. The largest absolute Gasteiger partial charge is 0.464 e. The standard InChI is InChI=1S/C13H17N3O5/c1-4-21-13(18)11(14)12(17)15-9-5-8(3)10(16(19)20)6-7(9)2/h5-6,11H,4,14H2,1-3H3,(H,15,17). The van der Waals surface area contributed by atoms with Crippen LogP contribution >= 0.6 is 0 Å². The van der Waals surface area contributed by atoms with E-state index in [4.69, 9.17) is 5.73 Å². The van der Waals surface area contributed by atoms with Crippen LogP contribution in [0.15, 0.2) is 12.1 Å². The van der Waals surface area contributed by atoms with E-state index in [0.29, 0.717) is 16.8 Å². The van der Waals surface area contributed by atoms with Gasteiger partial charge in [0.1, 0.15) is 0 Å². The molecule has 1 rings (SSSR count). The van der Waals surface area contributed by atoms with Gasteiger partial charge in [-0.3, -0.25) is 14.9 Å². The van der Waals surface area contributed by atoms with Gasteiger partial charge in [0.25, 0.3) is 11.6 Å². The van der Waals surface area contributed by atoms with Crippen LogP contribution in [0.4, 0.5) is 11.4 Å². The monoisotopic (exact) mass is 295 g/mol. The van der Waals surface area contributed by atoms with Crippen molar-refractivity contribution < 1.29 is 19.2 Å². The lowest BCUT2D eigenvalue weighted by atomic mass is 10.1. The molecule has 0 spiro atoms. The van der Waals surface area contributed by atoms with Crippen LogP contribution in [0.1, 0.15) is 18.1 Å². The summed E-state index contributed by atoms with van der Waals surface area (Å²) >= 11 is 0. The van der Waals surface area contributed by atoms with E-state index in [0.717, 1.165) is 0 Å². The Morgan fingerprint density at radius 2 is 2.00 bits per heavy atom. The number of rotatable bonds is 5. The number of nitro benzene ring substituents is 1. The normalized spacial score (nSPS) is 11.6. The number of amides is 1. The average Bonchev–Trinajstić information content (AvgIpc) is 2.41. The zero-order valence-corrected chi connectivity index (χ0v) is 12.0. The number of hydrogen-bond donors (Lipinski definition) is 2. The number of carbonyl (C=O) groups is 2. The summed E-state index contributed by atoms with van der Waals surface area (Å²) in [6.07, 6.45) is 0. The van der Waals surface area contributed by atoms with E-state index in [9.17, 15) is 19.7 Å². The lowest BCUT2D eigenvalue weighted by Gasteiger charge is -2.13. The smallest absolute Gasteiger partial charge is 0.332 e. The number of esters is 1. The zero-order valence-electron chi connectivity index (χ0n) is 12.0. The van der Waals surface area contributed by atoms with Gasteiger partial charge in [-0.2, -0.15) is 0 Å². The van der Waals surface area contributed by atoms with Crippen molar-refractivity contribution in [3.05, 3.63) is 33.4 Å². The maximum atomic E-state index is 11.8. The molecule has 0 heterocycles. The fourth-order valence-corrected chi connectivity index (χ4v) is 1.68. The summed E-state index contributed by atoms with van der Waals surface area (Å²) in [5.74, 6) is -1.56. The third-order valence-corrected chi connectivity index (χ3v) is 2.82. The van der Waals surface area contributed by atoms with Gasteiger partial charge in [0.05, 0.1) is 11.5 Å². The number of carbonyl (C=O) groups excluding carboxylic acids is 2. The molecule has 8 nitrogen and oxygen atoms in total. The molecule has 1 atom stereocenters. The Labute approximate surface area is 121 Å². The first-order valence-corrected chi connectivity index (χ1v) is 6.26. The highest BCUT2D eigenvalue weighted by atomic mass is 16.6. The van der Waals surface area contributed by atoms with E-state index in [-0.39, 0.29) is 12.3 Å². The van der Waals surface area contributed by atoms with Gasteiger partial charge in [0.15, 0.2) is 6.04 Å². The minimum Gasteiger partial charge on any atom is -0.464 e. The summed E-state index contributed by atoms with van der Waals surface area (Å²) in [4.78, 5) is 33.5. The predicted molar refractivity (Wildman–Crippen MR) is 75.8 cm³/mol. The SMILES string of the molecule is CCOC(=O)C(N)C(=O)Nc1cc(C)c([N+](=O)[O-])cc1C. The second-order valence-corrected chi connectivity index (χ2v) is 4.43. The Balaban J connectivity index is 2.93. The van der Waals surface area contributed by atoms with E-state index in [1.807, 2.05) is 0 Å². The van der Waals surface area contributed by atoms with Crippen LogP contribution in [-0.2, 0) is 14.3 Å². The second-order valence-electron chi connectivity index (χ2n) is 4.43. The lowest BCUT2D eigenvalue weighted by molar-refractivity contribution is -0.385. The third-order valence-electron chi connectivity index (χ3n) is 2.82. The Bertz CT molecular complexity index is 585. The van der Waals surface area contributed by atoms with E-state index >= 15 is 0 Å². The summed E-state index contributed by atoms with van der Waals surface area (Å²) < 4.78 is 4.65. The van der Waals surface area contributed by atoms with E-state index in [2.05, 4.69) is 10.1 Å². The molecular weight excluding hydrogens is 278 g/mol. The Kier molecular flexibility index (Phi) is 5.37. The Morgan fingerprint density at radius 1 is 1.38 bits per heavy atom. The topological polar surface area (TPSA) is 125 Å². The lowest BCUT2D eigenvalue weighted by Crippen LogP contribution is -2.43. The fraction of sp³-hybridized carbons (Fsp3) is 0.385. The van der Waals surface area contributed by atoms with Gasteiger partial charge < -0.3 is 15.8 Å². The second kappa shape index (κ2) is 6.80. The first-order chi connectivity index (χ1) is 9.77. The number of nitrogens with one attached hydrogen (secondary N) is 1. The molecule has 0 aromatic heterocycles. The highest BCUT2D eigenvalue weighted by Gasteiger charge is 2.24. The number of ether oxygens (including phenoxy) is 1. The van der Waals surface area contributed by atoms with E-state index in [1.165, 1.54) is 12.1 Å². The highest BCUT2D eigenvalue weighted by Crippen LogP contribution is 2.25. The first-order valence-electron chi connectivity index (χ1n) is 6.26. The number of nitrogens with zero attached hydrogens (tertiary/aromatic N) is 1. The van der Waals surface area contributed by atoms with Crippen molar-refractivity contribution in [2.45, 2.75) is 26.8 Å². The predicted octanol–water partition coefficient (Wildman–Crippen LogP) is 1.04. The van der Waals surface area contributed by atoms with Crippen LogP contribution in [-0.4, -0.2) is 29.4 Å². The van der Waals surface area contributed by atoms with Gasteiger partial charge in [-0.1, -0.05) is 0 Å². The number of benzene rings is 1. The van der Waals surface area contributed by atoms with Gasteiger partial charge >= 0.3 is 5.97 Å². The van der Waals surface area contributed by atoms with Gasteiger partial charge in [-0.05, 0) is 32.4 Å². The number of anilines is 1. The molecule has 114 valence electrons. The Morgan fingerprint density at radius 3 is 2.52 bits per heavy atom. The minimum absolute atomic E-state index is 0.0415. The molecule has 0 aliphatic rings. The summed E-state index contributed by atoms with van der Waals surface area (Å²) in [5.41, 5.74) is 6.68. The summed E-state index contributed by atoms with van der Waals surface area (Å²) in [5, 5.41) is 13.3. The van der Waals surface area contributed by atoms with Crippen LogP contribution in [0.25, 0.3) is 0 Å². The van der Waals surface area contributed by atoms with Crippen molar-refractivity contribution >= 4 is 23.3 Å². The van der Waals surface area contributed by atoms with Crippen LogP contribution in [0.5, 0.6) is 0 Å². The van der Waals surface area contributed by atoms with Crippen molar-refractivity contribution in [3.63, 3.8) is 0 Å². The number of nitro groups is 1. The molecule has 0 bridgehead atoms. The molecule has 1 amide bonds.